The molecule has 1 aromatic carbocycles. The lowest BCUT2D eigenvalue weighted by Gasteiger charge is -2.20. The topological polar surface area (TPSA) is 21.3 Å². The van der Waals surface area contributed by atoms with Gasteiger partial charge >= 0.3 is 6.61 Å². The first kappa shape index (κ1) is 16.9. The number of hydrogen-bond donors (Lipinski definition) is 1. The van der Waals surface area contributed by atoms with Gasteiger partial charge in [0.05, 0.1) is 0 Å². The summed E-state index contributed by atoms with van der Waals surface area (Å²) in [7, 11) is 0. The molecule has 0 spiro atoms. The molecular formula is C16H25F2NO. The van der Waals surface area contributed by atoms with Crippen molar-refractivity contribution in [3.8, 4) is 5.75 Å². The molecule has 0 heterocycles. The number of alkyl halides is 2. The zero-order chi connectivity index (χ0) is 15.0. The van der Waals surface area contributed by atoms with Crippen LogP contribution in [0.4, 0.5) is 8.78 Å². The molecular weight excluding hydrogens is 260 g/mol. The van der Waals surface area contributed by atoms with Crippen molar-refractivity contribution in [1.29, 1.82) is 0 Å². The average Bonchev–Trinajstić information content (AvgIpc) is 2.38. The number of ether oxygens (including phenoxy) is 1. The standard InChI is InChI=1S/C16H25F2NO/c1-4-10-19-15(9-8-12(2)3)13-6-5-7-14(11-13)20-16(17)18/h5-7,11-12,15-16,19H,4,8-10H2,1-3H3. The van der Waals surface area contributed by atoms with Crippen molar-refractivity contribution in [3.63, 3.8) is 0 Å². The van der Waals surface area contributed by atoms with E-state index in [9.17, 15) is 8.78 Å². The van der Waals surface area contributed by atoms with Gasteiger partial charge in [-0.15, -0.1) is 0 Å². The van der Waals surface area contributed by atoms with Crippen molar-refractivity contribution >= 4 is 0 Å². The maximum Gasteiger partial charge on any atom is 0.387 e. The van der Waals surface area contributed by atoms with E-state index in [1.807, 2.05) is 6.07 Å². The summed E-state index contributed by atoms with van der Waals surface area (Å²) >= 11 is 0. The fraction of sp³-hybridized carbons (Fsp3) is 0.625. The highest BCUT2D eigenvalue weighted by Crippen LogP contribution is 2.25. The molecule has 0 saturated carbocycles. The molecule has 0 amide bonds. The second-order valence-electron chi connectivity index (χ2n) is 5.43. The number of benzene rings is 1. The molecule has 1 rings (SSSR count). The predicted molar refractivity (Wildman–Crippen MR) is 78.2 cm³/mol. The summed E-state index contributed by atoms with van der Waals surface area (Å²) in [6.07, 6.45) is 3.14. The van der Waals surface area contributed by atoms with Gasteiger partial charge in [-0.2, -0.15) is 8.78 Å². The second kappa shape index (κ2) is 8.90. The van der Waals surface area contributed by atoms with Crippen molar-refractivity contribution in [2.75, 3.05) is 6.54 Å². The van der Waals surface area contributed by atoms with Crippen molar-refractivity contribution in [2.24, 2.45) is 5.92 Å². The Morgan fingerprint density at radius 2 is 1.95 bits per heavy atom. The van der Waals surface area contributed by atoms with Gasteiger partial charge in [-0.25, -0.2) is 0 Å². The number of nitrogens with one attached hydrogen (secondary N) is 1. The molecule has 0 saturated heterocycles. The Balaban J connectivity index is 2.77. The first-order valence-electron chi connectivity index (χ1n) is 7.31. The highest BCUT2D eigenvalue weighted by atomic mass is 19.3. The van der Waals surface area contributed by atoms with Gasteiger partial charge in [-0.1, -0.05) is 32.9 Å². The van der Waals surface area contributed by atoms with Crippen LogP contribution in [0.5, 0.6) is 5.75 Å². The van der Waals surface area contributed by atoms with Crippen LogP contribution in [0.15, 0.2) is 24.3 Å². The van der Waals surface area contributed by atoms with E-state index in [-0.39, 0.29) is 11.8 Å². The lowest BCUT2D eigenvalue weighted by Crippen LogP contribution is -2.22. The third-order valence-electron chi connectivity index (χ3n) is 3.16. The minimum Gasteiger partial charge on any atom is -0.435 e. The normalized spacial score (nSPS) is 12.9. The van der Waals surface area contributed by atoms with Gasteiger partial charge in [-0.05, 0) is 49.4 Å². The highest BCUT2D eigenvalue weighted by Gasteiger charge is 2.13. The molecule has 1 unspecified atom stereocenters. The fourth-order valence-electron chi connectivity index (χ4n) is 2.11. The maximum atomic E-state index is 12.3. The van der Waals surface area contributed by atoms with Crippen LogP contribution in [0.2, 0.25) is 0 Å². The summed E-state index contributed by atoms with van der Waals surface area (Å²) < 4.78 is 29.0. The van der Waals surface area contributed by atoms with E-state index < -0.39 is 6.61 Å². The molecule has 0 aliphatic rings. The van der Waals surface area contributed by atoms with Crippen molar-refractivity contribution < 1.29 is 13.5 Å². The first-order chi connectivity index (χ1) is 9.52. The number of hydrogen-bond acceptors (Lipinski definition) is 2. The average molecular weight is 285 g/mol. The second-order valence-corrected chi connectivity index (χ2v) is 5.43. The largest absolute Gasteiger partial charge is 0.435 e. The van der Waals surface area contributed by atoms with Gasteiger partial charge < -0.3 is 10.1 Å². The van der Waals surface area contributed by atoms with Gasteiger partial charge in [0.15, 0.2) is 0 Å². The van der Waals surface area contributed by atoms with Gasteiger partial charge in [0.25, 0.3) is 0 Å². The molecule has 0 fully saturated rings. The molecule has 4 heteroatoms. The number of halogens is 2. The zero-order valence-electron chi connectivity index (χ0n) is 12.5. The minimum absolute atomic E-state index is 0.193. The summed E-state index contributed by atoms with van der Waals surface area (Å²) in [5, 5.41) is 3.48. The quantitative estimate of drug-likeness (QED) is 0.706. The van der Waals surface area contributed by atoms with Crippen LogP contribution in [0, 0.1) is 5.92 Å². The Kier molecular flexibility index (Phi) is 7.52. The molecule has 1 N–H and O–H groups in total. The molecule has 2 nitrogen and oxygen atoms in total. The Morgan fingerprint density at radius 1 is 1.20 bits per heavy atom. The van der Waals surface area contributed by atoms with E-state index in [2.05, 4.69) is 30.8 Å². The Labute approximate surface area is 120 Å². The molecule has 1 atom stereocenters. The molecule has 0 aromatic heterocycles. The third kappa shape index (κ3) is 6.33. The Bertz CT molecular complexity index is 382. The van der Waals surface area contributed by atoms with E-state index >= 15 is 0 Å². The van der Waals surface area contributed by atoms with Crippen LogP contribution in [-0.4, -0.2) is 13.2 Å². The van der Waals surface area contributed by atoms with Crippen LogP contribution in [0.25, 0.3) is 0 Å². The van der Waals surface area contributed by atoms with Gasteiger partial charge in [-0.3, -0.25) is 0 Å². The van der Waals surface area contributed by atoms with Gasteiger partial charge in [0.1, 0.15) is 5.75 Å². The summed E-state index contributed by atoms with van der Waals surface area (Å²) in [4.78, 5) is 0. The molecule has 0 aliphatic carbocycles. The molecule has 0 radical (unpaired) electrons. The summed E-state index contributed by atoms with van der Waals surface area (Å²) in [5.41, 5.74) is 1.01. The predicted octanol–water partition coefficient (Wildman–Crippen LogP) is 4.76. The van der Waals surface area contributed by atoms with E-state index in [1.165, 1.54) is 0 Å². The van der Waals surface area contributed by atoms with E-state index in [0.29, 0.717) is 5.92 Å². The van der Waals surface area contributed by atoms with Crippen LogP contribution < -0.4 is 10.1 Å². The third-order valence-corrected chi connectivity index (χ3v) is 3.16. The van der Waals surface area contributed by atoms with Crippen molar-refractivity contribution in [3.05, 3.63) is 29.8 Å². The van der Waals surface area contributed by atoms with E-state index in [4.69, 9.17) is 0 Å². The summed E-state index contributed by atoms with van der Waals surface area (Å²) in [6.45, 7) is 4.63. The molecule has 0 aliphatic heterocycles. The lowest BCUT2D eigenvalue weighted by molar-refractivity contribution is -0.0499. The van der Waals surface area contributed by atoms with Gasteiger partial charge in [0.2, 0.25) is 0 Å². The molecule has 20 heavy (non-hydrogen) atoms. The Hall–Kier alpha value is -1.16. The minimum atomic E-state index is -2.78. The van der Waals surface area contributed by atoms with Gasteiger partial charge in [0, 0.05) is 6.04 Å². The van der Waals surface area contributed by atoms with E-state index in [1.54, 1.807) is 18.2 Å². The molecule has 114 valence electrons. The van der Waals surface area contributed by atoms with Crippen molar-refractivity contribution in [1.82, 2.24) is 5.32 Å². The Morgan fingerprint density at radius 3 is 2.55 bits per heavy atom. The number of rotatable bonds is 9. The van der Waals surface area contributed by atoms with Crippen LogP contribution in [0.3, 0.4) is 0 Å². The van der Waals surface area contributed by atoms with Crippen molar-refractivity contribution in [2.45, 2.75) is 52.7 Å². The smallest absolute Gasteiger partial charge is 0.387 e. The molecule has 1 aromatic rings. The SMILES string of the molecule is CCCNC(CCC(C)C)c1cccc(OC(F)F)c1. The zero-order valence-corrected chi connectivity index (χ0v) is 12.5. The fourth-order valence-corrected chi connectivity index (χ4v) is 2.11. The summed E-state index contributed by atoms with van der Waals surface area (Å²) in [5.74, 6) is 0.853. The van der Waals surface area contributed by atoms with E-state index in [0.717, 1.165) is 31.4 Å². The highest BCUT2D eigenvalue weighted by molar-refractivity contribution is 5.30. The molecule has 0 bridgehead atoms. The van der Waals surface area contributed by atoms with Crippen LogP contribution >= 0.6 is 0 Å². The lowest BCUT2D eigenvalue weighted by atomic mass is 9.97. The maximum absolute atomic E-state index is 12.3. The van der Waals surface area contributed by atoms with Crippen LogP contribution in [0.1, 0.15) is 51.6 Å². The first-order valence-corrected chi connectivity index (χ1v) is 7.31. The van der Waals surface area contributed by atoms with Crippen LogP contribution in [-0.2, 0) is 0 Å². The summed E-state index contributed by atoms with van der Waals surface area (Å²) in [6, 6.07) is 7.20. The monoisotopic (exact) mass is 285 g/mol.